The van der Waals surface area contributed by atoms with E-state index < -0.39 is 0 Å². The van der Waals surface area contributed by atoms with Crippen LogP contribution in [-0.2, 0) is 13.2 Å². The van der Waals surface area contributed by atoms with E-state index in [0.29, 0.717) is 25.0 Å². The molecule has 0 amide bonds. The van der Waals surface area contributed by atoms with Crippen LogP contribution in [0.4, 0.5) is 0 Å². The second-order valence-electron chi connectivity index (χ2n) is 7.67. The van der Waals surface area contributed by atoms with Gasteiger partial charge < -0.3 is 14.8 Å². The molecule has 28 heavy (non-hydrogen) atoms. The third-order valence-corrected chi connectivity index (χ3v) is 5.68. The number of hydrogen-bond donors (Lipinski definition) is 1. The predicted octanol–water partition coefficient (Wildman–Crippen LogP) is 6.44. The minimum Gasteiger partial charge on any atom is -0.490 e. The summed E-state index contributed by atoms with van der Waals surface area (Å²) in [6.45, 7) is 5.93. The lowest BCUT2D eigenvalue weighted by Crippen LogP contribution is -2.28. The van der Waals surface area contributed by atoms with Crippen LogP contribution in [0.2, 0.25) is 5.02 Å². The standard InChI is InChI=1S/C24H32ClNO2/c1-3-27-23-14-20(16-26-21-11-6-4-5-7-12-21)22(25)15-24(23)28-17-19-10-8-9-18(2)13-19/h8-10,13-15,21,26H,3-7,11-12,16-17H2,1-2H3. The van der Waals surface area contributed by atoms with Gasteiger partial charge >= 0.3 is 0 Å². The summed E-state index contributed by atoms with van der Waals surface area (Å²) in [7, 11) is 0. The second-order valence-corrected chi connectivity index (χ2v) is 8.08. The van der Waals surface area contributed by atoms with Crippen LogP contribution in [0.3, 0.4) is 0 Å². The fourth-order valence-electron chi connectivity index (χ4n) is 3.79. The fourth-order valence-corrected chi connectivity index (χ4v) is 4.02. The van der Waals surface area contributed by atoms with E-state index in [9.17, 15) is 0 Å². The molecule has 0 radical (unpaired) electrons. The average Bonchev–Trinajstić information content (AvgIpc) is 2.96. The van der Waals surface area contributed by atoms with Gasteiger partial charge in [-0.15, -0.1) is 0 Å². The largest absolute Gasteiger partial charge is 0.490 e. The highest BCUT2D eigenvalue weighted by Crippen LogP contribution is 2.34. The molecule has 0 saturated heterocycles. The molecule has 1 N–H and O–H groups in total. The number of nitrogens with one attached hydrogen (secondary N) is 1. The summed E-state index contributed by atoms with van der Waals surface area (Å²) >= 11 is 6.58. The van der Waals surface area contributed by atoms with Crippen LogP contribution in [0.25, 0.3) is 0 Å². The monoisotopic (exact) mass is 401 g/mol. The van der Waals surface area contributed by atoms with Crippen molar-refractivity contribution in [2.75, 3.05) is 6.61 Å². The number of rotatable bonds is 8. The Kier molecular flexibility index (Phi) is 8.05. The van der Waals surface area contributed by atoms with Gasteiger partial charge in [0.1, 0.15) is 6.61 Å². The molecule has 2 aromatic carbocycles. The lowest BCUT2D eigenvalue weighted by atomic mass is 10.1. The van der Waals surface area contributed by atoms with Crippen LogP contribution in [0, 0.1) is 6.92 Å². The Morgan fingerprint density at radius 2 is 1.75 bits per heavy atom. The van der Waals surface area contributed by atoms with Gasteiger partial charge in [-0.2, -0.15) is 0 Å². The third-order valence-electron chi connectivity index (χ3n) is 5.33. The minimum absolute atomic E-state index is 0.498. The Hall–Kier alpha value is -1.71. The molecule has 3 rings (SSSR count). The molecule has 0 bridgehead atoms. The summed E-state index contributed by atoms with van der Waals surface area (Å²) in [5.41, 5.74) is 3.43. The molecule has 1 saturated carbocycles. The van der Waals surface area contributed by atoms with E-state index in [2.05, 4.69) is 30.4 Å². The maximum Gasteiger partial charge on any atom is 0.163 e. The highest BCUT2D eigenvalue weighted by molar-refractivity contribution is 6.31. The smallest absolute Gasteiger partial charge is 0.163 e. The van der Waals surface area contributed by atoms with E-state index in [1.54, 1.807) is 0 Å². The van der Waals surface area contributed by atoms with E-state index in [0.717, 1.165) is 28.4 Å². The Balaban J connectivity index is 1.68. The van der Waals surface area contributed by atoms with Gasteiger partial charge in [-0.05, 0) is 43.9 Å². The van der Waals surface area contributed by atoms with Crippen molar-refractivity contribution in [3.05, 3.63) is 58.1 Å². The maximum absolute atomic E-state index is 6.58. The molecular formula is C24H32ClNO2. The van der Waals surface area contributed by atoms with Crippen molar-refractivity contribution in [3.63, 3.8) is 0 Å². The van der Waals surface area contributed by atoms with Gasteiger partial charge in [0.2, 0.25) is 0 Å². The lowest BCUT2D eigenvalue weighted by Gasteiger charge is -2.19. The van der Waals surface area contributed by atoms with Crippen molar-refractivity contribution in [1.29, 1.82) is 0 Å². The molecule has 0 atom stereocenters. The zero-order chi connectivity index (χ0) is 19.8. The Bertz CT molecular complexity index is 754. The first-order valence-corrected chi connectivity index (χ1v) is 10.9. The molecule has 2 aromatic rings. The molecule has 1 aliphatic rings. The summed E-state index contributed by atoms with van der Waals surface area (Å²) in [6, 6.07) is 12.8. The maximum atomic E-state index is 6.58. The number of aryl methyl sites for hydroxylation is 1. The molecule has 0 unspecified atom stereocenters. The van der Waals surface area contributed by atoms with Crippen LogP contribution in [0.1, 0.15) is 62.1 Å². The van der Waals surface area contributed by atoms with Gasteiger partial charge in [-0.1, -0.05) is 67.1 Å². The Labute approximate surface area is 174 Å². The van der Waals surface area contributed by atoms with E-state index in [1.807, 2.05) is 25.1 Å². The molecular weight excluding hydrogens is 370 g/mol. The van der Waals surface area contributed by atoms with Gasteiger partial charge in [-0.3, -0.25) is 0 Å². The molecule has 152 valence electrons. The van der Waals surface area contributed by atoms with E-state index in [1.165, 1.54) is 44.1 Å². The molecule has 1 fully saturated rings. The van der Waals surface area contributed by atoms with Crippen LogP contribution in [0.5, 0.6) is 11.5 Å². The van der Waals surface area contributed by atoms with Crippen molar-refractivity contribution in [2.24, 2.45) is 0 Å². The highest BCUT2D eigenvalue weighted by atomic mass is 35.5. The van der Waals surface area contributed by atoms with Crippen molar-refractivity contribution in [2.45, 2.75) is 71.6 Å². The molecule has 1 aliphatic carbocycles. The summed E-state index contributed by atoms with van der Waals surface area (Å²) in [4.78, 5) is 0. The normalized spacial score (nSPS) is 15.2. The van der Waals surface area contributed by atoms with Crippen molar-refractivity contribution >= 4 is 11.6 Å². The molecule has 3 nitrogen and oxygen atoms in total. The van der Waals surface area contributed by atoms with Gasteiger partial charge in [0.05, 0.1) is 6.61 Å². The molecule has 0 aromatic heterocycles. The Morgan fingerprint density at radius 3 is 2.46 bits per heavy atom. The van der Waals surface area contributed by atoms with Crippen LogP contribution in [0.15, 0.2) is 36.4 Å². The SMILES string of the molecule is CCOc1cc(CNC2CCCCCC2)c(Cl)cc1OCc1cccc(C)c1. The van der Waals surface area contributed by atoms with Gasteiger partial charge in [-0.25, -0.2) is 0 Å². The molecule has 0 spiro atoms. The van der Waals surface area contributed by atoms with Crippen molar-refractivity contribution in [3.8, 4) is 11.5 Å². The zero-order valence-corrected chi connectivity index (χ0v) is 17.9. The lowest BCUT2D eigenvalue weighted by molar-refractivity contribution is 0.269. The average molecular weight is 402 g/mol. The number of hydrogen-bond acceptors (Lipinski definition) is 3. The number of ether oxygens (including phenoxy) is 2. The highest BCUT2D eigenvalue weighted by Gasteiger charge is 2.15. The summed E-state index contributed by atoms with van der Waals surface area (Å²) in [5, 5.41) is 4.42. The van der Waals surface area contributed by atoms with Crippen LogP contribution in [-0.4, -0.2) is 12.6 Å². The summed E-state index contributed by atoms with van der Waals surface area (Å²) in [6.07, 6.45) is 7.88. The zero-order valence-electron chi connectivity index (χ0n) is 17.1. The second kappa shape index (κ2) is 10.7. The van der Waals surface area contributed by atoms with Crippen molar-refractivity contribution in [1.82, 2.24) is 5.32 Å². The van der Waals surface area contributed by atoms with E-state index in [4.69, 9.17) is 21.1 Å². The van der Waals surface area contributed by atoms with Crippen molar-refractivity contribution < 1.29 is 9.47 Å². The third kappa shape index (κ3) is 6.15. The van der Waals surface area contributed by atoms with Gasteiger partial charge in [0.15, 0.2) is 11.5 Å². The minimum atomic E-state index is 0.498. The molecule has 4 heteroatoms. The number of halogens is 1. The van der Waals surface area contributed by atoms with E-state index >= 15 is 0 Å². The fraction of sp³-hybridized carbons (Fsp3) is 0.500. The first kappa shape index (κ1) is 21.0. The summed E-state index contributed by atoms with van der Waals surface area (Å²) < 4.78 is 11.9. The van der Waals surface area contributed by atoms with Gasteiger partial charge in [0.25, 0.3) is 0 Å². The molecule has 0 heterocycles. The topological polar surface area (TPSA) is 30.5 Å². The van der Waals surface area contributed by atoms with Crippen LogP contribution < -0.4 is 14.8 Å². The molecule has 0 aliphatic heterocycles. The first-order chi connectivity index (χ1) is 13.7. The first-order valence-electron chi connectivity index (χ1n) is 10.5. The van der Waals surface area contributed by atoms with Gasteiger partial charge in [0, 0.05) is 23.7 Å². The van der Waals surface area contributed by atoms with E-state index in [-0.39, 0.29) is 0 Å². The summed E-state index contributed by atoms with van der Waals surface area (Å²) in [5.74, 6) is 1.46. The quantitative estimate of drug-likeness (QED) is 0.516. The predicted molar refractivity (Wildman–Crippen MR) is 116 cm³/mol. The Morgan fingerprint density at radius 1 is 1.00 bits per heavy atom. The van der Waals surface area contributed by atoms with Crippen LogP contribution >= 0.6 is 11.6 Å². The number of benzene rings is 2.